The van der Waals surface area contributed by atoms with E-state index in [4.69, 9.17) is 9.72 Å². The Balaban J connectivity index is 1.91. The Kier molecular flexibility index (Phi) is 3.77. The fourth-order valence-corrected chi connectivity index (χ4v) is 3.71. The molecule has 23 heavy (non-hydrogen) atoms. The van der Waals surface area contributed by atoms with Crippen LogP contribution in [-0.2, 0) is 17.6 Å². The van der Waals surface area contributed by atoms with Gasteiger partial charge in [-0.05, 0) is 50.3 Å². The van der Waals surface area contributed by atoms with E-state index in [1.807, 2.05) is 4.90 Å². The summed E-state index contributed by atoms with van der Waals surface area (Å²) in [7, 11) is 0. The van der Waals surface area contributed by atoms with Gasteiger partial charge in [-0.25, -0.2) is 0 Å². The van der Waals surface area contributed by atoms with Gasteiger partial charge in [0.2, 0.25) is 0 Å². The van der Waals surface area contributed by atoms with Crippen molar-refractivity contribution < 1.29 is 9.53 Å². The highest BCUT2D eigenvalue weighted by Crippen LogP contribution is 2.31. The quantitative estimate of drug-likeness (QED) is 0.813. The van der Waals surface area contributed by atoms with Crippen molar-refractivity contribution in [2.45, 2.75) is 32.6 Å². The Hall–Kier alpha value is -1.94. The van der Waals surface area contributed by atoms with Crippen molar-refractivity contribution in [3.63, 3.8) is 0 Å². The molecule has 0 unspecified atom stereocenters. The van der Waals surface area contributed by atoms with E-state index in [-0.39, 0.29) is 5.91 Å². The van der Waals surface area contributed by atoms with E-state index in [2.05, 4.69) is 25.1 Å². The number of nitrogens with zero attached hydrogens (tertiary/aromatic N) is 2. The number of aromatic nitrogens is 1. The Morgan fingerprint density at radius 1 is 1.17 bits per heavy atom. The van der Waals surface area contributed by atoms with Gasteiger partial charge in [0.1, 0.15) is 0 Å². The zero-order valence-corrected chi connectivity index (χ0v) is 13.6. The second kappa shape index (κ2) is 5.93. The molecule has 0 radical (unpaired) electrons. The van der Waals surface area contributed by atoms with Gasteiger partial charge in [-0.15, -0.1) is 0 Å². The number of rotatable bonds is 1. The van der Waals surface area contributed by atoms with E-state index in [1.54, 1.807) is 0 Å². The number of morpholine rings is 1. The summed E-state index contributed by atoms with van der Waals surface area (Å²) >= 11 is 0. The van der Waals surface area contributed by atoms with Gasteiger partial charge in [-0.3, -0.25) is 9.78 Å². The molecule has 1 aliphatic heterocycles. The van der Waals surface area contributed by atoms with E-state index in [0.29, 0.717) is 26.3 Å². The lowest BCUT2D eigenvalue weighted by atomic mass is 9.89. The van der Waals surface area contributed by atoms with E-state index in [1.165, 1.54) is 17.5 Å². The van der Waals surface area contributed by atoms with Crippen LogP contribution < -0.4 is 0 Å². The minimum atomic E-state index is 0.157. The molecule has 2 heterocycles. The van der Waals surface area contributed by atoms with Gasteiger partial charge in [-0.2, -0.15) is 0 Å². The molecule has 0 saturated carbocycles. The molecule has 4 nitrogen and oxygen atoms in total. The van der Waals surface area contributed by atoms with Crippen molar-refractivity contribution in [3.05, 3.63) is 40.6 Å². The fourth-order valence-electron chi connectivity index (χ4n) is 3.71. The molecule has 4 heteroatoms. The number of carbonyl (C=O) groups is 1. The van der Waals surface area contributed by atoms with Crippen LogP contribution in [0.4, 0.5) is 0 Å². The first kappa shape index (κ1) is 14.6. The van der Waals surface area contributed by atoms with E-state index in [9.17, 15) is 4.79 Å². The van der Waals surface area contributed by atoms with Gasteiger partial charge in [0.15, 0.2) is 0 Å². The maximum Gasteiger partial charge on any atom is 0.255 e. The molecule has 120 valence electrons. The van der Waals surface area contributed by atoms with Crippen molar-refractivity contribution in [2.24, 2.45) is 0 Å². The minimum absolute atomic E-state index is 0.157. The minimum Gasteiger partial charge on any atom is -0.378 e. The number of hydrogen-bond acceptors (Lipinski definition) is 3. The van der Waals surface area contributed by atoms with Crippen LogP contribution in [0.25, 0.3) is 10.9 Å². The zero-order chi connectivity index (χ0) is 15.8. The number of benzene rings is 1. The number of fused-ring (bicyclic) bond motifs is 2. The summed E-state index contributed by atoms with van der Waals surface area (Å²) in [5.74, 6) is 0.157. The number of amides is 1. The molecule has 2 aromatic rings. The zero-order valence-electron chi connectivity index (χ0n) is 13.6. The molecule has 1 saturated heterocycles. The summed E-state index contributed by atoms with van der Waals surface area (Å²) in [5.41, 5.74) is 5.34. The number of aryl methyl sites for hydroxylation is 2. The molecule has 4 rings (SSSR count). The van der Waals surface area contributed by atoms with Gasteiger partial charge in [0, 0.05) is 24.2 Å². The molecule has 1 aromatic heterocycles. The molecule has 0 atom stereocenters. The summed E-state index contributed by atoms with van der Waals surface area (Å²) in [5, 5.41) is 1.02. The first-order chi connectivity index (χ1) is 11.2. The van der Waals surface area contributed by atoms with Crippen LogP contribution >= 0.6 is 0 Å². The molecule has 1 aromatic carbocycles. The van der Waals surface area contributed by atoms with Crippen LogP contribution in [0.5, 0.6) is 0 Å². The third-order valence-electron chi connectivity index (χ3n) is 4.93. The summed E-state index contributed by atoms with van der Waals surface area (Å²) in [6.45, 7) is 4.71. The second-order valence-electron chi connectivity index (χ2n) is 6.54. The summed E-state index contributed by atoms with van der Waals surface area (Å²) in [6.07, 6.45) is 4.28. The standard InChI is InChI=1S/C19H22N2O2/c1-13-6-7-17-15(12-13)18(14-4-2-3-5-16(14)20-17)19(22)21-8-10-23-11-9-21/h6-7,12H,2-5,8-11H2,1H3. The number of ether oxygens (including phenoxy) is 1. The van der Waals surface area contributed by atoms with Gasteiger partial charge in [0.25, 0.3) is 5.91 Å². The number of hydrogen-bond donors (Lipinski definition) is 0. The van der Waals surface area contributed by atoms with Crippen molar-refractivity contribution in [1.82, 2.24) is 9.88 Å². The molecule has 1 amide bonds. The predicted molar refractivity (Wildman–Crippen MR) is 89.8 cm³/mol. The Bertz CT molecular complexity index is 764. The van der Waals surface area contributed by atoms with Gasteiger partial charge in [-0.1, -0.05) is 11.6 Å². The van der Waals surface area contributed by atoms with Crippen LogP contribution in [0.3, 0.4) is 0 Å². The normalized spacial score (nSPS) is 18.0. The number of pyridine rings is 1. The average Bonchev–Trinajstić information content (AvgIpc) is 2.60. The maximum atomic E-state index is 13.2. The SMILES string of the molecule is Cc1ccc2nc3c(c(C(=O)N4CCOCC4)c2c1)CCCC3. The third-order valence-corrected chi connectivity index (χ3v) is 4.93. The highest BCUT2D eigenvalue weighted by molar-refractivity contribution is 6.08. The lowest BCUT2D eigenvalue weighted by molar-refractivity contribution is 0.0303. The summed E-state index contributed by atoms with van der Waals surface area (Å²) in [4.78, 5) is 20.0. The van der Waals surface area contributed by atoms with E-state index >= 15 is 0 Å². The van der Waals surface area contributed by atoms with Crippen molar-refractivity contribution in [3.8, 4) is 0 Å². The Morgan fingerprint density at radius 3 is 2.78 bits per heavy atom. The van der Waals surface area contributed by atoms with Gasteiger partial charge in [0.05, 0.1) is 24.3 Å². The fraction of sp³-hybridized carbons (Fsp3) is 0.474. The summed E-state index contributed by atoms with van der Waals surface area (Å²) < 4.78 is 5.40. The topological polar surface area (TPSA) is 42.4 Å². The second-order valence-corrected chi connectivity index (χ2v) is 6.54. The molecule has 2 aliphatic rings. The van der Waals surface area contributed by atoms with Crippen LogP contribution in [-0.4, -0.2) is 42.1 Å². The van der Waals surface area contributed by atoms with Crippen molar-refractivity contribution in [1.29, 1.82) is 0 Å². The van der Waals surface area contributed by atoms with Crippen molar-refractivity contribution >= 4 is 16.8 Å². The smallest absolute Gasteiger partial charge is 0.255 e. The van der Waals surface area contributed by atoms with Crippen LogP contribution in [0.15, 0.2) is 18.2 Å². The Morgan fingerprint density at radius 2 is 1.96 bits per heavy atom. The predicted octanol–water partition coefficient (Wildman–Crippen LogP) is 2.89. The highest BCUT2D eigenvalue weighted by Gasteiger charge is 2.26. The lowest BCUT2D eigenvalue weighted by Gasteiger charge is -2.29. The lowest BCUT2D eigenvalue weighted by Crippen LogP contribution is -2.41. The molecule has 1 aliphatic carbocycles. The van der Waals surface area contributed by atoms with E-state index in [0.717, 1.165) is 41.4 Å². The average molecular weight is 310 g/mol. The highest BCUT2D eigenvalue weighted by atomic mass is 16.5. The number of carbonyl (C=O) groups excluding carboxylic acids is 1. The van der Waals surface area contributed by atoms with Gasteiger partial charge < -0.3 is 9.64 Å². The molecule has 0 bridgehead atoms. The molecular formula is C19H22N2O2. The summed E-state index contributed by atoms with van der Waals surface area (Å²) in [6, 6.07) is 6.24. The van der Waals surface area contributed by atoms with Crippen LogP contribution in [0.2, 0.25) is 0 Å². The monoisotopic (exact) mass is 310 g/mol. The maximum absolute atomic E-state index is 13.2. The first-order valence-corrected chi connectivity index (χ1v) is 8.53. The van der Waals surface area contributed by atoms with Crippen LogP contribution in [0, 0.1) is 6.92 Å². The van der Waals surface area contributed by atoms with Crippen molar-refractivity contribution in [2.75, 3.05) is 26.3 Å². The van der Waals surface area contributed by atoms with Gasteiger partial charge >= 0.3 is 0 Å². The molecule has 0 N–H and O–H groups in total. The Labute approximate surface area is 136 Å². The van der Waals surface area contributed by atoms with Crippen LogP contribution in [0.1, 0.15) is 40.0 Å². The first-order valence-electron chi connectivity index (χ1n) is 8.53. The molecule has 1 fully saturated rings. The molecular weight excluding hydrogens is 288 g/mol. The third kappa shape index (κ3) is 2.61. The molecule has 0 spiro atoms. The van der Waals surface area contributed by atoms with E-state index < -0.39 is 0 Å². The largest absolute Gasteiger partial charge is 0.378 e.